The minimum atomic E-state index is -3.20. The molecule has 0 radical (unpaired) electrons. The van der Waals surface area contributed by atoms with Gasteiger partial charge in [-0.3, -0.25) is 0 Å². The van der Waals surface area contributed by atoms with Crippen molar-refractivity contribution in [3.05, 3.63) is 29.8 Å². The summed E-state index contributed by atoms with van der Waals surface area (Å²) in [5, 5.41) is 0. The van der Waals surface area contributed by atoms with Crippen LogP contribution in [0.1, 0.15) is 18.5 Å². The Balaban J connectivity index is 2.74. The lowest BCUT2D eigenvalue weighted by Gasteiger charge is -1.99. The molecule has 0 bridgehead atoms. The monoisotopic (exact) mass is 183 g/mol. The van der Waals surface area contributed by atoms with Crippen LogP contribution in [0.4, 0.5) is 0 Å². The van der Waals surface area contributed by atoms with Crippen molar-refractivity contribution in [2.45, 2.75) is 17.9 Å². The normalized spacial score (nSPS) is 25.2. The van der Waals surface area contributed by atoms with Crippen molar-refractivity contribution in [3.63, 3.8) is 0 Å². The molecule has 0 unspecified atom stereocenters. The molecule has 2 rings (SSSR count). The highest BCUT2D eigenvalue weighted by atomic mass is 32.2. The van der Waals surface area contributed by atoms with Gasteiger partial charge in [0.25, 0.3) is 0 Å². The second-order valence-electron chi connectivity index (χ2n) is 2.88. The van der Waals surface area contributed by atoms with E-state index in [0.717, 1.165) is 5.56 Å². The lowest BCUT2D eigenvalue weighted by Crippen LogP contribution is -2.17. The van der Waals surface area contributed by atoms with E-state index in [0.29, 0.717) is 4.90 Å². The smallest absolute Gasteiger partial charge is 0.207 e. The third-order valence-electron chi connectivity index (χ3n) is 2.01. The summed E-state index contributed by atoms with van der Waals surface area (Å²) >= 11 is 0. The van der Waals surface area contributed by atoms with Gasteiger partial charge in [0.15, 0.2) is 0 Å². The van der Waals surface area contributed by atoms with Crippen LogP contribution in [-0.2, 0) is 10.0 Å². The van der Waals surface area contributed by atoms with Crippen molar-refractivity contribution in [1.82, 2.24) is 4.72 Å². The van der Waals surface area contributed by atoms with Crippen molar-refractivity contribution in [3.8, 4) is 0 Å². The molecule has 1 aromatic rings. The zero-order chi connectivity index (χ0) is 8.77. The SMILES string of the molecule is C[C@H]1NS(=O)(=O)c2ccccc21. The molecule has 1 heterocycles. The Labute approximate surface area is 71.5 Å². The third-order valence-corrected chi connectivity index (χ3v) is 3.62. The van der Waals surface area contributed by atoms with Crippen LogP contribution >= 0.6 is 0 Å². The zero-order valence-corrected chi connectivity index (χ0v) is 7.43. The Bertz CT molecular complexity index is 411. The molecule has 1 aromatic carbocycles. The van der Waals surface area contributed by atoms with Crippen LogP contribution in [0.15, 0.2) is 29.2 Å². The molecular formula is C8H9NO2S. The number of benzene rings is 1. The van der Waals surface area contributed by atoms with Gasteiger partial charge in [0.1, 0.15) is 0 Å². The summed E-state index contributed by atoms with van der Waals surface area (Å²) in [6, 6.07) is 6.94. The van der Waals surface area contributed by atoms with Gasteiger partial charge in [-0.25, -0.2) is 13.1 Å². The van der Waals surface area contributed by atoms with Gasteiger partial charge in [-0.15, -0.1) is 0 Å². The zero-order valence-electron chi connectivity index (χ0n) is 6.61. The van der Waals surface area contributed by atoms with E-state index in [2.05, 4.69) is 4.72 Å². The first-order chi connectivity index (χ1) is 5.61. The Morgan fingerprint density at radius 2 is 2.00 bits per heavy atom. The molecule has 1 aliphatic heterocycles. The molecule has 1 N–H and O–H groups in total. The number of fused-ring (bicyclic) bond motifs is 1. The van der Waals surface area contributed by atoms with Gasteiger partial charge >= 0.3 is 0 Å². The fourth-order valence-corrected chi connectivity index (χ4v) is 2.97. The summed E-state index contributed by atoms with van der Waals surface area (Å²) in [4.78, 5) is 0.414. The van der Waals surface area contributed by atoms with E-state index in [1.54, 1.807) is 12.1 Å². The van der Waals surface area contributed by atoms with Gasteiger partial charge in [0.2, 0.25) is 10.0 Å². The second-order valence-corrected chi connectivity index (χ2v) is 4.56. The molecule has 0 spiro atoms. The van der Waals surface area contributed by atoms with E-state index in [1.807, 2.05) is 19.1 Å². The van der Waals surface area contributed by atoms with Crippen LogP contribution in [0.3, 0.4) is 0 Å². The van der Waals surface area contributed by atoms with E-state index in [4.69, 9.17) is 0 Å². The highest BCUT2D eigenvalue weighted by Gasteiger charge is 2.30. The molecule has 0 amide bonds. The molecule has 0 saturated heterocycles. The highest BCUT2D eigenvalue weighted by Crippen LogP contribution is 2.29. The predicted octanol–water partition coefficient (Wildman–Crippen LogP) is 1.04. The van der Waals surface area contributed by atoms with E-state index in [-0.39, 0.29) is 6.04 Å². The van der Waals surface area contributed by atoms with E-state index in [9.17, 15) is 8.42 Å². The van der Waals surface area contributed by atoms with Gasteiger partial charge < -0.3 is 0 Å². The first kappa shape index (κ1) is 7.76. The maximum Gasteiger partial charge on any atom is 0.241 e. The molecule has 0 saturated carbocycles. The van der Waals surface area contributed by atoms with Gasteiger partial charge in [0.05, 0.1) is 4.90 Å². The number of hydrogen-bond acceptors (Lipinski definition) is 2. The molecule has 0 aliphatic carbocycles. The Morgan fingerprint density at radius 3 is 2.67 bits per heavy atom. The summed E-state index contributed by atoms with van der Waals surface area (Å²) in [5.74, 6) is 0. The van der Waals surface area contributed by atoms with Crippen LogP contribution in [0.25, 0.3) is 0 Å². The largest absolute Gasteiger partial charge is 0.241 e. The summed E-state index contributed by atoms with van der Waals surface area (Å²) in [6.07, 6.45) is 0. The molecule has 4 heteroatoms. The van der Waals surface area contributed by atoms with Gasteiger partial charge in [0, 0.05) is 6.04 Å². The van der Waals surface area contributed by atoms with Crippen LogP contribution in [-0.4, -0.2) is 8.42 Å². The van der Waals surface area contributed by atoms with E-state index >= 15 is 0 Å². The first-order valence-corrected chi connectivity index (χ1v) is 5.21. The van der Waals surface area contributed by atoms with Crippen molar-refractivity contribution in [2.75, 3.05) is 0 Å². The average Bonchev–Trinajstić information content (AvgIpc) is 2.25. The quantitative estimate of drug-likeness (QED) is 0.653. The topological polar surface area (TPSA) is 46.2 Å². The summed E-state index contributed by atoms with van der Waals surface area (Å²) in [5.41, 5.74) is 0.859. The predicted molar refractivity (Wildman–Crippen MR) is 45.2 cm³/mol. The van der Waals surface area contributed by atoms with Crippen molar-refractivity contribution < 1.29 is 8.42 Å². The fraction of sp³-hybridized carbons (Fsp3) is 0.250. The third kappa shape index (κ3) is 0.956. The Morgan fingerprint density at radius 1 is 1.33 bits per heavy atom. The number of sulfonamides is 1. The van der Waals surface area contributed by atoms with Crippen LogP contribution < -0.4 is 4.72 Å². The van der Waals surface area contributed by atoms with Gasteiger partial charge in [-0.2, -0.15) is 0 Å². The van der Waals surface area contributed by atoms with Gasteiger partial charge in [-0.05, 0) is 18.6 Å². The van der Waals surface area contributed by atoms with Crippen molar-refractivity contribution >= 4 is 10.0 Å². The van der Waals surface area contributed by atoms with Crippen molar-refractivity contribution in [2.24, 2.45) is 0 Å². The highest BCUT2D eigenvalue weighted by molar-refractivity contribution is 7.89. The lowest BCUT2D eigenvalue weighted by molar-refractivity contribution is 0.582. The maximum absolute atomic E-state index is 11.4. The van der Waals surface area contributed by atoms with Crippen LogP contribution in [0.2, 0.25) is 0 Å². The second kappa shape index (κ2) is 2.31. The molecule has 1 aliphatic rings. The molecule has 12 heavy (non-hydrogen) atoms. The average molecular weight is 183 g/mol. The van der Waals surface area contributed by atoms with E-state index < -0.39 is 10.0 Å². The molecule has 64 valence electrons. The fourth-order valence-electron chi connectivity index (χ4n) is 1.44. The minimum absolute atomic E-state index is 0.0915. The lowest BCUT2D eigenvalue weighted by atomic mass is 10.1. The molecule has 3 nitrogen and oxygen atoms in total. The number of rotatable bonds is 0. The Hall–Kier alpha value is -0.870. The Kier molecular flexibility index (Phi) is 1.49. The van der Waals surface area contributed by atoms with Crippen LogP contribution in [0.5, 0.6) is 0 Å². The number of nitrogens with one attached hydrogen (secondary N) is 1. The van der Waals surface area contributed by atoms with E-state index in [1.165, 1.54) is 0 Å². The molecule has 0 aromatic heterocycles. The first-order valence-electron chi connectivity index (χ1n) is 3.72. The van der Waals surface area contributed by atoms with Gasteiger partial charge in [-0.1, -0.05) is 18.2 Å². The molecular weight excluding hydrogens is 174 g/mol. The van der Waals surface area contributed by atoms with Crippen molar-refractivity contribution in [1.29, 1.82) is 0 Å². The minimum Gasteiger partial charge on any atom is -0.207 e. The molecule has 0 fully saturated rings. The molecule has 1 atom stereocenters. The summed E-state index contributed by atoms with van der Waals surface area (Å²) in [7, 11) is -3.20. The van der Waals surface area contributed by atoms with Crippen LogP contribution in [0, 0.1) is 0 Å². The summed E-state index contributed by atoms with van der Waals surface area (Å²) in [6.45, 7) is 1.84. The summed E-state index contributed by atoms with van der Waals surface area (Å²) < 4.78 is 25.2. The standard InChI is InChI=1S/C8H9NO2S/c1-6-7-4-2-3-5-8(7)12(10,11)9-6/h2-6,9H,1H3/t6-/m1/s1. The number of hydrogen-bond donors (Lipinski definition) is 1. The maximum atomic E-state index is 11.4.